The Morgan fingerprint density at radius 3 is 2.08 bits per heavy atom. The van der Waals surface area contributed by atoms with Gasteiger partial charge in [-0.3, -0.25) is 0 Å². The van der Waals surface area contributed by atoms with Crippen molar-refractivity contribution < 1.29 is 4.57 Å². The number of hydrogen-bond donors (Lipinski definition) is 0. The van der Waals surface area contributed by atoms with Gasteiger partial charge in [-0.2, -0.15) is 0 Å². The lowest BCUT2D eigenvalue weighted by atomic mass is 10.0. The number of hydrogen-bond acceptors (Lipinski definition) is 0. The van der Waals surface area contributed by atoms with E-state index in [1.165, 1.54) is 12.0 Å². The Morgan fingerprint density at radius 2 is 1.69 bits per heavy atom. The van der Waals surface area contributed by atoms with E-state index in [4.69, 9.17) is 0 Å². The van der Waals surface area contributed by atoms with Crippen molar-refractivity contribution in [3.63, 3.8) is 0 Å². The van der Waals surface area contributed by atoms with Gasteiger partial charge in [-0.05, 0) is 31.7 Å². The molecule has 0 amide bonds. The Bertz CT molecular complexity index is 248. The Labute approximate surface area is 81.4 Å². The van der Waals surface area contributed by atoms with Crippen LogP contribution in [-0.4, -0.2) is 0 Å². The Kier molecular flexibility index (Phi) is 3.47. The zero-order valence-corrected chi connectivity index (χ0v) is 9.12. The van der Waals surface area contributed by atoms with Gasteiger partial charge in [0.05, 0.1) is 0 Å². The van der Waals surface area contributed by atoms with Crippen LogP contribution in [-0.2, 0) is 0 Å². The number of pyridine rings is 1. The van der Waals surface area contributed by atoms with E-state index in [0.29, 0.717) is 12.0 Å². The molecule has 13 heavy (non-hydrogen) atoms. The number of nitrogens with zero attached hydrogens (tertiary/aromatic N) is 1. The highest BCUT2D eigenvalue weighted by Crippen LogP contribution is 2.16. The first-order chi connectivity index (χ1) is 6.15. The van der Waals surface area contributed by atoms with Crippen molar-refractivity contribution in [2.24, 2.45) is 0 Å². The first-order valence-electron chi connectivity index (χ1n) is 5.15. The molecule has 1 heteroatoms. The van der Waals surface area contributed by atoms with Gasteiger partial charge in [0.25, 0.3) is 0 Å². The van der Waals surface area contributed by atoms with Crippen molar-refractivity contribution in [2.45, 2.75) is 46.1 Å². The van der Waals surface area contributed by atoms with Crippen molar-refractivity contribution in [3.05, 3.63) is 30.1 Å². The van der Waals surface area contributed by atoms with Crippen LogP contribution in [0.5, 0.6) is 0 Å². The summed E-state index contributed by atoms with van der Waals surface area (Å²) in [5, 5.41) is 0. The van der Waals surface area contributed by atoms with Crippen LogP contribution >= 0.6 is 0 Å². The fourth-order valence-electron chi connectivity index (χ4n) is 1.36. The molecule has 0 bridgehead atoms. The van der Waals surface area contributed by atoms with Crippen LogP contribution in [0.1, 0.15) is 51.6 Å². The third-order valence-electron chi connectivity index (χ3n) is 2.66. The maximum Gasteiger partial charge on any atom is 0.169 e. The molecule has 1 aromatic rings. The summed E-state index contributed by atoms with van der Waals surface area (Å²) in [5.74, 6) is 0.682. The molecule has 0 aromatic carbocycles. The number of aromatic nitrogens is 1. The van der Waals surface area contributed by atoms with Crippen LogP contribution in [0.4, 0.5) is 0 Å². The molecule has 1 rings (SSSR count). The van der Waals surface area contributed by atoms with E-state index in [1.54, 1.807) is 0 Å². The van der Waals surface area contributed by atoms with Crippen LogP contribution in [0.15, 0.2) is 24.5 Å². The van der Waals surface area contributed by atoms with Gasteiger partial charge < -0.3 is 0 Å². The molecule has 72 valence electrons. The molecule has 1 heterocycles. The predicted molar refractivity (Wildman–Crippen MR) is 55.7 cm³/mol. The minimum atomic E-state index is 0.561. The molecule has 0 fully saturated rings. The molecule has 0 aliphatic carbocycles. The van der Waals surface area contributed by atoms with E-state index in [-0.39, 0.29) is 0 Å². The van der Waals surface area contributed by atoms with E-state index in [1.807, 2.05) is 0 Å². The van der Waals surface area contributed by atoms with E-state index in [9.17, 15) is 0 Å². The van der Waals surface area contributed by atoms with E-state index in [0.717, 1.165) is 0 Å². The Balaban J connectivity index is 2.81. The zero-order valence-electron chi connectivity index (χ0n) is 9.12. The summed E-state index contributed by atoms with van der Waals surface area (Å²) < 4.78 is 2.23. The van der Waals surface area contributed by atoms with Gasteiger partial charge in [-0.15, -0.1) is 0 Å². The predicted octanol–water partition coefficient (Wildman–Crippen LogP) is 3.07. The van der Waals surface area contributed by atoms with Crippen molar-refractivity contribution in [2.75, 3.05) is 0 Å². The molecule has 0 aliphatic heterocycles. The highest BCUT2D eigenvalue weighted by molar-refractivity contribution is 5.12. The summed E-state index contributed by atoms with van der Waals surface area (Å²) in [6.45, 7) is 8.90. The molecule has 1 aromatic heterocycles. The maximum atomic E-state index is 2.27. The van der Waals surface area contributed by atoms with Gasteiger partial charge in [0.1, 0.15) is 0 Å². The SMILES string of the molecule is CCC(C)c1cc[n+](C(C)C)cc1. The molecule has 0 N–H and O–H groups in total. The van der Waals surface area contributed by atoms with Crippen LogP contribution in [0.3, 0.4) is 0 Å². The average molecular weight is 178 g/mol. The van der Waals surface area contributed by atoms with Gasteiger partial charge >= 0.3 is 0 Å². The topological polar surface area (TPSA) is 3.88 Å². The van der Waals surface area contributed by atoms with Crippen molar-refractivity contribution in [1.29, 1.82) is 0 Å². The second kappa shape index (κ2) is 4.40. The molecule has 0 saturated carbocycles. The maximum absolute atomic E-state index is 2.27. The molecule has 0 aliphatic rings. The summed E-state index contributed by atoms with van der Waals surface area (Å²) >= 11 is 0. The zero-order chi connectivity index (χ0) is 9.84. The third-order valence-corrected chi connectivity index (χ3v) is 2.66. The fraction of sp³-hybridized carbons (Fsp3) is 0.583. The van der Waals surface area contributed by atoms with Crippen LogP contribution in [0, 0.1) is 0 Å². The molecular formula is C12H20N+. The molecule has 0 radical (unpaired) electrons. The first-order valence-corrected chi connectivity index (χ1v) is 5.15. The Morgan fingerprint density at radius 1 is 1.15 bits per heavy atom. The summed E-state index contributed by atoms with van der Waals surface area (Å²) in [6, 6.07) is 5.02. The quantitative estimate of drug-likeness (QED) is 0.626. The fourth-order valence-corrected chi connectivity index (χ4v) is 1.36. The molecule has 0 saturated heterocycles. The van der Waals surface area contributed by atoms with Gasteiger partial charge in [0.15, 0.2) is 18.4 Å². The third kappa shape index (κ3) is 2.55. The van der Waals surface area contributed by atoms with Crippen molar-refractivity contribution in [1.82, 2.24) is 0 Å². The highest BCUT2D eigenvalue weighted by atomic mass is 15.0. The van der Waals surface area contributed by atoms with Crippen molar-refractivity contribution >= 4 is 0 Å². The van der Waals surface area contributed by atoms with Crippen LogP contribution in [0.2, 0.25) is 0 Å². The van der Waals surface area contributed by atoms with E-state index < -0.39 is 0 Å². The monoisotopic (exact) mass is 178 g/mol. The molecular weight excluding hydrogens is 158 g/mol. The lowest BCUT2D eigenvalue weighted by Crippen LogP contribution is -2.35. The average Bonchev–Trinajstić information content (AvgIpc) is 2.17. The minimum absolute atomic E-state index is 0.561. The lowest BCUT2D eigenvalue weighted by Gasteiger charge is -2.07. The van der Waals surface area contributed by atoms with Gasteiger partial charge in [0.2, 0.25) is 0 Å². The summed E-state index contributed by atoms with van der Waals surface area (Å²) in [4.78, 5) is 0. The second-order valence-electron chi connectivity index (χ2n) is 3.98. The molecule has 1 nitrogen and oxygen atoms in total. The molecule has 1 atom stereocenters. The Hall–Kier alpha value is -0.850. The van der Waals surface area contributed by atoms with Crippen LogP contribution < -0.4 is 4.57 Å². The molecule has 1 unspecified atom stereocenters. The highest BCUT2D eigenvalue weighted by Gasteiger charge is 2.07. The summed E-state index contributed by atoms with van der Waals surface area (Å²) in [6.07, 6.45) is 5.56. The van der Waals surface area contributed by atoms with E-state index in [2.05, 4.69) is 56.8 Å². The second-order valence-corrected chi connectivity index (χ2v) is 3.98. The van der Waals surface area contributed by atoms with E-state index >= 15 is 0 Å². The van der Waals surface area contributed by atoms with Crippen LogP contribution in [0.25, 0.3) is 0 Å². The largest absolute Gasteiger partial charge is 0.203 e. The molecule has 0 spiro atoms. The smallest absolute Gasteiger partial charge is 0.169 e. The van der Waals surface area contributed by atoms with Gasteiger partial charge in [-0.25, -0.2) is 4.57 Å². The van der Waals surface area contributed by atoms with Gasteiger partial charge in [-0.1, -0.05) is 13.8 Å². The van der Waals surface area contributed by atoms with Crippen molar-refractivity contribution in [3.8, 4) is 0 Å². The normalized spacial score (nSPS) is 13.3. The minimum Gasteiger partial charge on any atom is -0.203 e. The van der Waals surface area contributed by atoms with Gasteiger partial charge in [0, 0.05) is 12.1 Å². The standard InChI is InChI=1S/C12H20N/c1-5-11(4)12-6-8-13(9-7-12)10(2)3/h6-11H,5H2,1-4H3/q+1. The lowest BCUT2D eigenvalue weighted by molar-refractivity contribution is -0.716. The number of rotatable bonds is 3. The summed E-state index contributed by atoms with van der Waals surface area (Å²) in [7, 11) is 0. The summed E-state index contributed by atoms with van der Waals surface area (Å²) in [5.41, 5.74) is 1.44. The first kappa shape index (κ1) is 10.2.